The minimum Gasteiger partial charge on any atom is -0.457 e. The fourth-order valence-corrected chi connectivity index (χ4v) is 1.32. The number of halogens is 2. The van der Waals surface area contributed by atoms with E-state index in [1.807, 2.05) is 0 Å². The lowest BCUT2D eigenvalue weighted by atomic mass is 10.2. The van der Waals surface area contributed by atoms with Crippen LogP contribution in [0.25, 0.3) is 0 Å². The molecule has 0 aliphatic rings. The highest BCUT2D eigenvalue weighted by atomic mass is 19.1. The summed E-state index contributed by atoms with van der Waals surface area (Å²) in [4.78, 5) is 10.7. The maximum Gasteiger partial charge on any atom is 0.153 e. The Bertz CT molecular complexity index is 536. The molecule has 0 aliphatic heterocycles. The Morgan fingerprint density at radius 3 is 2.24 bits per heavy atom. The summed E-state index contributed by atoms with van der Waals surface area (Å²) in [5, 5.41) is 0. The standard InChI is InChI=1S/C13H8F2O2/c14-10-3-5-12(6-4-10)17-13-7-11(15)2-1-9(13)8-16/h1-8H. The Hall–Kier alpha value is -2.23. The molecule has 0 unspecified atom stereocenters. The molecule has 0 heterocycles. The van der Waals surface area contributed by atoms with Gasteiger partial charge in [-0.05, 0) is 36.4 Å². The number of ether oxygens (including phenoxy) is 1. The van der Waals surface area contributed by atoms with Crippen LogP contribution < -0.4 is 4.74 Å². The van der Waals surface area contributed by atoms with Crippen LogP contribution in [0.4, 0.5) is 8.78 Å². The summed E-state index contributed by atoms with van der Waals surface area (Å²) < 4.78 is 31.0. The van der Waals surface area contributed by atoms with Gasteiger partial charge in [0.2, 0.25) is 0 Å². The number of aldehydes is 1. The van der Waals surface area contributed by atoms with Crippen LogP contribution >= 0.6 is 0 Å². The van der Waals surface area contributed by atoms with Crippen LogP contribution in [0.5, 0.6) is 11.5 Å². The Morgan fingerprint density at radius 2 is 1.59 bits per heavy atom. The molecule has 2 nitrogen and oxygen atoms in total. The van der Waals surface area contributed by atoms with Gasteiger partial charge in [-0.2, -0.15) is 0 Å². The van der Waals surface area contributed by atoms with Crippen molar-refractivity contribution in [1.29, 1.82) is 0 Å². The molecule has 0 saturated carbocycles. The summed E-state index contributed by atoms with van der Waals surface area (Å²) in [7, 11) is 0. The van der Waals surface area contributed by atoms with Gasteiger partial charge < -0.3 is 4.74 Å². The number of hydrogen-bond acceptors (Lipinski definition) is 2. The molecular weight excluding hydrogens is 226 g/mol. The summed E-state index contributed by atoms with van der Waals surface area (Å²) in [6.45, 7) is 0. The minimum absolute atomic E-state index is 0.103. The second kappa shape index (κ2) is 4.74. The second-order valence-electron chi connectivity index (χ2n) is 3.36. The first-order valence-corrected chi connectivity index (χ1v) is 4.87. The van der Waals surface area contributed by atoms with Crippen molar-refractivity contribution in [2.45, 2.75) is 0 Å². The van der Waals surface area contributed by atoms with E-state index >= 15 is 0 Å². The number of rotatable bonds is 3. The number of carbonyl (C=O) groups is 1. The van der Waals surface area contributed by atoms with Crippen molar-refractivity contribution in [3.8, 4) is 11.5 Å². The van der Waals surface area contributed by atoms with Crippen molar-refractivity contribution in [3.63, 3.8) is 0 Å². The van der Waals surface area contributed by atoms with Crippen LogP contribution in [0, 0.1) is 11.6 Å². The van der Waals surface area contributed by atoms with E-state index in [4.69, 9.17) is 4.74 Å². The smallest absolute Gasteiger partial charge is 0.153 e. The van der Waals surface area contributed by atoms with Gasteiger partial charge in [0.05, 0.1) is 5.56 Å². The Balaban J connectivity index is 2.31. The average Bonchev–Trinajstić information content (AvgIpc) is 2.32. The number of benzene rings is 2. The normalized spacial score (nSPS) is 10.0. The molecule has 2 aromatic carbocycles. The van der Waals surface area contributed by atoms with E-state index in [1.165, 1.54) is 36.4 Å². The van der Waals surface area contributed by atoms with Crippen molar-refractivity contribution in [3.05, 3.63) is 59.7 Å². The third-order valence-corrected chi connectivity index (χ3v) is 2.14. The summed E-state index contributed by atoms with van der Waals surface area (Å²) in [6, 6.07) is 8.82. The van der Waals surface area contributed by atoms with Gasteiger partial charge in [0, 0.05) is 6.07 Å². The minimum atomic E-state index is -0.507. The molecule has 0 saturated heterocycles. The molecule has 17 heavy (non-hydrogen) atoms. The second-order valence-corrected chi connectivity index (χ2v) is 3.36. The quantitative estimate of drug-likeness (QED) is 0.759. The van der Waals surface area contributed by atoms with Crippen LogP contribution in [-0.2, 0) is 0 Å². The number of hydrogen-bond donors (Lipinski definition) is 0. The van der Waals surface area contributed by atoms with Crippen LogP contribution in [0.1, 0.15) is 10.4 Å². The lowest BCUT2D eigenvalue weighted by Crippen LogP contribution is -1.91. The van der Waals surface area contributed by atoms with Crippen molar-refractivity contribution in [2.24, 2.45) is 0 Å². The summed E-state index contributed by atoms with van der Waals surface area (Å²) >= 11 is 0. The largest absolute Gasteiger partial charge is 0.457 e. The first-order chi connectivity index (χ1) is 8.19. The predicted octanol–water partition coefficient (Wildman–Crippen LogP) is 3.57. The zero-order valence-electron chi connectivity index (χ0n) is 8.69. The zero-order valence-corrected chi connectivity index (χ0v) is 8.69. The van der Waals surface area contributed by atoms with Gasteiger partial charge in [0.25, 0.3) is 0 Å². The molecular formula is C13H8F2O2. The van der Waals surface area contributed by atoms with E-state index in [0.29, 0.717) is 12.0 Å². The van der Waals surface area contributed by atoms with Gasteiger partial charge in [0.1, 0.15) is 23.1 Å². The van der Waals surface area contributed by atoms with Crippen LogP contribution in [0.2, 0.25) is 0 Å². The average molecular weight is 234 g/mol. The summed E-state index contributed by atoms with van der Waals surface area (Å²) in [5.41, 5.74) is 0.232. The van der Waals surface area contributed by atoms with Gasteiger partial charge >= 0.3 is 0 Å². The fraction of sp³-hybridized carbons (Fsp3) is 0. The van der Waals surface area contributed by atoms with E-state index in [-0.39, 0.29) is 11.3 Å². The van der Waals surface area contributed by atoms with Crippen molar-refractivity contribution < 1.29 is 18.3 Å². The van der Waals surface area contributed by atoms with Gasteiger partial charge in [-0.25, -0.2) is 8.78 Å². The van der Waals surface area contributed by atoms with Gasteiger partial charge in [-0.3, -0.25) is 4.79 Å². The molecule has 0 atom stereocenters. The highest BCUT2D eigenvalue weighted by Crippen LogP contribution is 2.25. The first-order valence-electron chi connectivity index (χ1n) is 4.87. The monoisotopic (exact) mass is 234 g/mol. The lowest BCUT2D eigenvalue weighted by Gasteiger charge is -2.07. The van der Waals surface area contributed by atoms with E-state index in [0.717, 1.165) is 6.07 Å². The highest BCUT2D eigenvalue weighted by Gasteiger charge is 2.06. The van der Waals surface area contributed by atoms with Crippen LogP contribution in [0.3, 0.4) is 0 Å². The van der Waals surface area contributed by atoms with E-state index in [2.05, 4.69) is 0 Å². The Morgan fingerprint density at radius 1 is 0.941 bits per heavy atom. The molecule has 0 amide bonds. The molecule has 0 aliphatic carbocycles. The van der Waals surface area contributed by atoms with E-state index < -0.39 is 11.6 Å². The molecule has 0 fully saturated rings. The SMILES string of the molecule is O=Cc1ccc(F)cc1Oc1ccc(F)cc1. The van der Waals surface area contributed by atoms with Gasteiger partial charge in [0.15, 0.2) is 6.29 Å². The first kappa shape index (κ1) is 11.3. The number of carbonyl (C=O) groups excluding carboxylic acids is 1. The van der Waals surface area contributed by atoms with Crippen molar-refractivity contribution in [1.82, 2.24) is 0 Å². The topological polar surface area (TPSA) is 26.3 Å². The third-order valence-electron chi connectivity index (χ3n) is 2.14. The molecule has 86 valence electrons. The maximum atomic E-state index is 13.0. The molecule has 0 aromatic heterocycles. The molecule has 2 rings (SSSR count). The summed E-state index contributed by atoms with van der Waals surface area (Å²) in [6.07, 6.45) is 0.568. The van der Waals surface area contributed by atoms with Crippen LogP contribution in [0.15, 0.2) is 42.5 Å². The highest BCUT2D eigenvalue weighted by molar-refractivity contribution is 5.79. The van der Waals surface area contributed by atoms with Crippen molar-refractivity contribution >= 4 is 6.29 Å². The Labute approximate surface area is 96.5 Å². The lowest BCUT2D eigenvalue weighted by molar-refractivity contribution is 0.112. The predicted molar refractivity (Wildman–Crippen MR) is 58.3 cm³/mol. The molecule has 0 N–H and O–H groups in total. The third kappa shape index (κ3) is 2.66. The van der Waals surface area contributed by atoms with E-state index in [9.17, 15) is 13.6 Å². The van der Waals surface area contributed by atoms with Crippen molar-refractivity contribution in [2.75, 3.05) is 0 Å². The fourth-order valence-electron chi connectivity index (χ4n) is 1.32. The van der Waals surface area contributed by atoms with Gasteiger partial charge in [-0.15, -0.1) is 0 Å². The molecule has 0 radical (unpaired) electrons. The molecule has 4 heteroatoms. The van der Waals surface area contributed by atoms with Gasteiger partial charge in [-0.1, -0.05) is 0 Å². The Kier molecular flexibility index (Phi) is 3.14. The molecule has 0 bridgehead atoms. The molecule has 0 spiro atoms. The molecule has 2 aromatic rings. The van der Waals surface area contributed by atoms with Crippen LogP contribution in [-0.4, -0.2) is 6.29 Å². The van der Waals surface area contributed by atoms with E-state index in [1.54, 1.807) is 0 Å². The summed E-state index contributed by atoms with van der Waals surface area (Å²) in [5.74, 6) is -0.466. The zero-order chi connectivity index (χ0) is 12.3. The maximum absolute atomic E-state index is 13.0.